The lowest BCUT2D eigenvalue weighted by Crippen LogP contribution is -2.41. The minimum absolute atomic E-state index is 0.204. The summed E-state index contributed by atoms with van der Waals surface area (Å²) in [6.45, 7) is 8.08. The Labute approximate surface area is 207 Å². The van der Waals surface area contributed by atoms with Gasteiger partial charge in [-0.15, -0.1) is 0 Å². The molecule has 0 saturated carbocycles. The molecule has 1 unspecified atom stereocenters. The van der Waals surface area contributed by atoms with Crippen molar-refractivity contribution in [2.45, 2.75) is 45.2 Å². The Morgan fingerprint density at radius 2 is 1.17 bits per heavy atom. The highest BCUT2D eigenvalue weighted by Crippen LogP contribution is 2.36. The van der Waals surface area contributed by atoms with E-state index in [9.17, 15) is 8.42 Å². The summed E-state index contributed by atoms with van der Waals surface area (Å²) in [4.78, 5) is 0. The Balaban J connectivity index is 1.50. The van der Waals surface area contributed by atoms with E-state index >= 15 is 0 Å². The Bertz CT molecular complexity index is 1230. The number of benzene rings is 3. The molecule has 0 amide bonds. The fourth-order valence-electron chi connectivity index (χ4n) is 3.45. The summed E-state index contributed by atoms with van der Waals surface area (Å²) in [5.74, 6) is 1.31. The van der Waals surface area contributed by atoms with Gasteiger partial charge in [-0.05, 0) is 69.6 Å². The van der Waals surface area contributed by atoms with Gasteiger partial charge in [-0.2, -0.15) is 8.42 Å². The molecule has 1 fully saturated rings. The van der Waals surface area contributed by atoms with Gasteiger partial charge in [0, 0.05) is 5.56 Å². The molecule has 35 heavy (non-hydrogen) atoms. The number of hydrogen-bond acceptors (Lipinski definition) is 7. The summed E-state index contributed by atoms with van der Waals surface area (Å²) in [7, 11) is -4.06. The van der Waals surface area contributed by atoms with E-state index < -0.39 is 34.7 Å². The normalized spacial score (nSPS) is 17.6. The van der Waals surface area contributed by atoms with Gasteiger partial charge in [-0.25, -0.2) is 0 Å². The van der Waals surface area contributed by atoms with Crippen LogP contribution >= 0.6 is 0 Å². The minimum atomic E-state index is -3.60. The maximum Gasteiger partial charge on any atom is 0.494 e. The highest BCUT2D eigenvalue weighted by molar-refractivity contribution is 7.86. The summed E-state index contributed by atoms with van der Waals surface area (Å²) in [5.41, 5.74) is 0.885. The molecule has 7 nitrogen and oxygen atoms in total. The molecule has 184 valence electrons. The van der Waals surface area contributed by atoms with Gasteiger partial charge in [0.15, 0.2) is 0 Å². The van der Waals surface area contributed by atoms with Crippen LogP contribution in [-0.4, -0.2) is 33.0 Å². The Kier molecular flexibility index (Phi) is 6.86. The Morgan fingerprint density at radius 3 is 1.66 bits per heavy atom. The molecule has 0 bridgehead atoms. The summed E-state index contributed by atoms with van der Waals surface area (Å²) >= 11 is 0. The van der Waals surface area contributed by atoms with Crippen molar-refractivity contribution >= 4 is 22.7 Å². The van der Waals surface area contributed by atoms with Crippen molar-refractivity contribution in [2.24, 2.45) is 0 Å². The smallest absolute Gasteiger partial charge is 0.451 e. The van der Waals surface area contributed by atoms with Crippen molar-refractivity contribution in [1.82, 2.24) is 0 Å². The predicted molar refractivity (Wildman–Crippen MR) is 135 cm³/mol. The summed E-state index contributed by atoms with van der Waals surface area (Å²) in [5, 5.41) is 0. The van der Waals surface area contributed by atoms with Crippen LogP contribution in [0.15, 0.2) is 78.9 Å². The summed E-state index contributed by atoms with van der Waals surface area (Å²) < 4.78 is 52.1. The third kappa shape index (κ3) is 6.17. The summed E-state index contributed by atoms with van der Waals surface area (Å²) in [6.07, 6.45) is 0.259. The first-order chi connectivity index (χ1) is 16.4. The van der Waals surface area contributed by atoms with Gasteiger partial charge in [0.1, 0.15) is 17.2 Å². The maximum absolute atomic E-state index is 11.3. The second-order valence-corrected chi connectivity index (χ2v) is 11.0. The van der Waals surface area contributed by atoms with Crippen LogP contribution in [0.3, 0.4) is 0 Å². The van der Waals surface area contributed by atoms with Gasteiger partial charge in [-0.1, -0.05) is 42.5 Å². The molecule has 0 aromatic heterocycles. The van der Waals surface area contributed by atoms with Crippen molar-refractivity contribution in [2.75, 3.05) is 6.26 Å². The lowest BCUT2D eigenvalue weighted by molar-refractivity contribution is 0.00380. The molecule has 0 N–H and O–H groups in total. The molecule has 1 heterocycles. The number of ether oxygens (including phenoxy) is 2. The topological polar surface area (TPSA) is 80.3 Å². The van der Waals surface area contributed by atoms with E-state index in [1.165, 1.54) is 12.1 Å². The molecule has 9 heteroatoms. The lowest BCUT2D eigenvalue weighted by Gasteiger charge is -2.32. The molecule has 0 spiro atoms. The standard InChI is InChI=1S/C26H29BO7S/c1-25(2)26(3,4)34-27(33-25)20-11-13-21(14-12-20)30-24(19-9-7-6-8-10-19)31-22-15-17-23(18-16-22)32-35(5,28)29/h6-18,24H,1-5H3. The SMILES string of the molecule is CC1(C)OB(c2ccc(OC(Oc3ccc(OS(C)(=O)=O)cc3)c3ccccc3)cc2)OC1(C)C. The van der Waals surface area contributed by atoms with E-state index in [1.807, 2.05) is 82.3 Å². The molecule has 0 radical (unpaired) electrons. The molecule has 1 aliphatic rings. The molecule has 3 aromatic carbocycles. The van der Waals surface area contributed by atoms with E-state index in [2.05, 4.69) is 0 Å². The second kappa shape index (κ2) is 9.56. The number of rotatable bonds is 8. The van der Waals surface area contributed by atoms with Gasteiger partial charge in [0.05, 0.1) is 17.5 Å². The van der Waals surface area contributed by atoms with Crippen molar-refractivity contribution < 1.29 is 31.4 Å². The van der Waals surface area contributed by atoms with E-state index in [4.69, 9.17) is 23.0 Å². The van der Waals surface area contributed by atoms with Gasteiger partial charge >= 0.3 is 17.2 Å². The van der Waals surface area contributed by atoms with Gasteiger partial charge in [0.2, 0.25) is 0 Å². The monoisotopic (exact) mass is 496 g/mol. The van der Waals surface area contributed by atoms with E-state index in [0.717, 1.165) is 17.3 Å². The zero-order valence-electron chi connectivity index (χ0n) is 20.4. The molecule has 1 saturated heterocycles. The van der Waals surface area contributed by atoms with Crippen LogP contribution in [0.4, 0.5) is 0 Å². The fraction of sp³-hybridized carbons (Fsp3) is 0.308. The maximum atomic E-state index is 11.3. The average Bonchev–Trinajstić information content (AvgIpc) is 3.01. The van der Waals surface area contributed by atoms with E-state index in [-0.39, 0.29) is 5.75 Å². The first-order valence-corrected chi connectivity index (χ1v) is 13.1. The first-order valence-electron chi connectivity index (χ1n) is 11.3. The number of hydrogen-bond donors (Lipinski definition) is 0. The Morgan fingerprint density at radius 1 is 0.714 bits per heavy atom. The van der Waals surface area contributed by atoms with Crippen molar-refractivity contribution in [3.05, 3.63) is 84.4 Å². The molecule has 3 aromatic rings. The molecular formula is C26H29BO7S. The first kappa shape index (κ1) is 25.1. The fourth-order valence-corrected chi connectivity index (χ4v) is 3.91. The molecule has 1 atom stereocenters. The highest BCUT2D eigenvalue weighted by Gasteiger charge is 2.51. The van der Waals surface area contributed by atoms with Crippen LogP contribution in [0.5, 0.6) is 17.2 Å². The van der Waals surface area contributed by atoms with Crippen molar-refractivity contribution in [3.8, 4) is 17.2 Å². The van der Waals surface area contributed by atoms with Gasteiger partial charge in [-0.3, -0.25) is 0 Å². The molecule has 1 aliphatic heterocycles. The quantitative estimate of drug-likeness (QED) is 0.259. The average molecular weight is 496 g/mol. The molecule has 0 aliphatic carbocycles. The third-order valence-electron chi connectivity index (χ3n) is 6.03. The van der Waals surface area contributed by atoms with Gasteiger partial charge < -0.3 is 23.0 Å². The van der Waals surface area contributed by atoms with E-state index in [0.29, 0.717) is 11.5 Å². The largest absolute Gasteiger partial charge is 0.494 e. The lowest BCUT2D eigenvalue weighted by atomic mass is 9.79. The van der Waals surface area contributed by atoms with Crippen LogP contribution in [0, 0.1) is 0 Å². The highest BCUT2D eigenvalue weighted by atomic mass is 32.2. The van der Waals surface area contributed by atoms with Crippen molar-refractivity contribution in [3.63, 3.8) is 0 Å². The zero-order valence-corrected chi connectivity index (χ0v) is 21.2. The van der Waals surface area contributed by atoms with Crippen LogP contribution in [-0.2, 0) is 19.4 Å². The molecular weight excluding hydrogens is 467 g/mol. The summed E-state index contributed by atoms with van der Waals surface area (Å²) in [6, 6.07) is 23.4. The van der Waals surface area contributed by atoms with Crippen LogP contribution in [0.25, 0.3) is 0 Å². The van der Waals surface area contributed by atoms with Crippen LogP contribution < -0.4 is 19.1 Å². The van der Waals surface area contributed by atoms with Crippen LogP contribution in [0.1, 0.15) is 39.5 Å². The minimum Gasteiger partial charge on any atom is -0.451 e. The zero-order chi connectivity index (χ0) is 25.3. The van der Waals surface area contributed by atoms with Crippen LogP contribution in [0.2, 0.25) is 0 Å². The van der Waals surface area contributed by atoms with Gasteiger partial charge in [0.25, 0.3) is 6.29 Å². The third-order valence-corrected chi connectivity index (χ3v) is 6.53. The second-order valence-electron chi connectivity index (χ2n) is 9.39. The van der Waals surface area contributed by atoms with Crippen molar-refractivity contribution in [1.29, 1.82) is 0 Å². The molecule has 4 rings (SSSR count). The Hall–Kier alpha value is -3.01. The predicted octanol–water partition coefficient (Wildman–Crippen LogP) is 4.48. The van der Waals surface area contributed by atoms with E-state index in [1.54, 1.807) is 12.1 Å².